The summed E-state index contributed by atoms with van der Waals surface area (Å²) in [7, 11) is -3.57. The van der Waals surface area contributed by atoms with E-state index in [0.29, 0.717) is 23.4 Å². The molecule has 7 nitrogen and oxygen atoms in total. The molecule has 9 heteroatoms. The van der Waals surface area contributed by atoms with Gasteiger partial charge in [0.25, 0.3) is 10.0 Å². The third-order valence-electron chi connectivity index (χ3n) is 3.19. The number of aromatic nitrogens is 3. The van der Waals surface area contributed by atoms with Crippen LogP contribution in [0, 0.1) is 0 Å². The number of ether oxygens (including phenoxy) is 1. The number of nitrogens with one attached hydrogen (secondary N) is 1. The molecule has 2 aromatic rings. The maximum Gasteiger partial charge on any atom is 0.260 e. The number of imidazole rings is 1. The van der Waals surface area contributed by atoms with Crippen LogP contribution in [0.15, 0.2) is 40.4 Å². The molecular weight excluding hydrogens is 360 g/mol. The first kappa shape index (κ1) is 14.6. The fraction of sp³-hybridized carbons (Fsp3) is 0.333. The van der Waals surface area contributed by atoms with Crippen molar-refractivity contribution in [3.63, 3.8) is 0 Å². The average molecular weight is 373 g/mol. The van der Waals surface area contributed by atoms with Crippen LogP contribution in [0.5, 0.6) is 0 Å². The molecule has 2 aromatic heterocycles. The number of H-pyrrole nitrogens is 1. The minimum absolute atomic E-state index is 0.0883. The zero-order valence-corrected chi connectivity index (χ0v) is 13.3. The summed E-state index contributed by atoms with van der Waals surface area (Å²) in [5.41, 5.74) is 0.703. The van der Waals surface area contributed by atoms with Crippen molar-refractivity contribution in [1.82, 2.24) is 19.3 Å². The van der Waals surface area contributed by atoms with E-state index in [4.69, 9.17) is 4.74 Å². The molecule has 112 valence electrons. The topological polar surface area (TPSA) is 88.2 Å². The standard InChI is InChI=1S/C12H13BrN4O3S/c13-11-3-1-2-9(16-11)10-7-17(4-5-20-10)21(18,19)12-6-14-8-15-12/h1-3,6,8,10H,4-5,7H2,(H,14,15)/t10-/m0/s1. The predicted octanol–water partition coefficient (Wildman–Crippen LogP) is 1.33. The van der Waals surface area contributed by atoms with Gasteiger partial charge in [-0.25, -0.2) is 18.4 Å². The minimum atomic E-state index is -3.57. The maximum absolute atomic E-state index is 12.5. The molecule has 0 radical (unpaired) electrons. The van der Waals surface area contributed by atoms with Gasteiger partial charge in [-0.2, -0.15) is 4.31 Å². The highest BCUT2D eigenvalue weighted by Gasteiger charge is 2.32. The van der Waals surface area contributed by atoms with Crippen LogP contribution < -0.4 is 0 Å². The van der Waals surface area contributed by atoms with E-state index in [1.165, 1.54) is 16.8 Å². The SMILES string of the molecule is O=S(=O)(c1cnc[nH]1)N1CCO[C@H](c2cccc(Br)n2)C1. The van der Waals surface area contributed by atoms with Gasteiger partial charge >= 0.3 is 0 Å². The van der Waals surface area contributed by atoms with Crippen molar-refractivity contribution >= 4 is 26.0 Å². The molecule has 1 saturated heterocycles. The van der Waals surface area contributed by atoms with Crippen LogP contribution in [0.3, 0.4) is 0 Å². The van der Waals surface area contributed by atoms with Gasteiger partial charge in [0.2, 0.25) is 0 Å². The van der Waals surface area contributed by atoms with E-state index in [1.807, 2.05) is 18.2 Å². The van der Waals surface area contributed by atoms with Crippen molar-refractivity contribution in [3.8, 4) is 0 Å². The van der Waals surface area contributed by atoms with Gasteiger partial charge in [-0.15, -0.1) is 0 Å². The number of sulfonamides is 1. The Kier molecular flexibility index (Phi) is 4.07. The second-order valence-electron chi connectivity index (χ2n) is 4.52. The van der Waals surface area contributed by atoms with Crippen LogP contribution in [0.2, 0.25) is 0 Å². The van der Waals surface area contributed by atoms with E-state index in [1.54, 1.807) is 0 Å². The molecule has 0 aliphatic carbocycles. The summed E-state index contributed by atoms with van der Waals surface area (Å²) in [6.07, 6.45) is 2.27. The fourth-order valence-corrected chi connectivity index (χ4v) is 3.83. The normalized spacial score (nSPS) is 20.5. The highest BCUT2D eigenvalue weighted by molar-refractivity contribution is 9.10. The van der Waals surface area contributed by atoms with Gasteiger partial charge in [0.1, 0.15) is 10.7 Å². The molecule has 3 rings (SSSR count). The summed E-state index contributed by atoms with van der Waals surface area (Å²) < 4.78 is 32.6. The number of hydrogen-bond acceptors (Lipinski definition) is 5. The Morgan fingerprint density at radius 1 is 1.43 bits per heavy atom. The molecule has 1 atom stereocenters. The molecule has 1 fully saturated rings. The van der Waals surface area contributed by atoms with Crippen molar-refractivity contribution in [1.29, 1.82) is 0 Å². The van der Waals surface area contributed by atoms with E-state index in [9.17, 15) is 8.42 Å². The van der Waals surface area contributed by atoms with Gasteiger partial charge in [0, 0.05) is 13.1 Å². The van der Waals surface area contributed by atoms with Gasteiger partial charge in [-0.05, 0) is 28.1 Å². The molecule has 3 heterocycles. The van der Waals surface area contributed by atoms with Crippen molar-refractivity contribution in [2.75, 3.05) is 19.7 Å². The second-order valence-corrected chi connectivity index (χ2v) is 7.24. The molecule has 1 aliphatic heterocycles. The Morgan fingerprint density at radius 3 is 3.00 bits per heavy atom. The zero-order chi connectivity index (χ0) is 14.9. The van der Waals surface area contributed by atoms with Crippen LogP contribution in [-0.2, 0) is 14.8 Å². The summed E-state index contributed by atoms with van der Waals surface area (Å²) in [5.74, 6) is 0. The first-order valence-corrected chi connectivity index (χ1v) is 8.53. The van der Waals surface area contributed by atoms with E-state index in [2.05, 4.69) is 30.9 Å². The molecule has 0 bridgehead atoms. The second kappa shape index (κ2) is 5.84. The Balaban J connectivity index is 1.83. The van der Waals surface area contributed by atoms with Gasteiger partial charge in [0.05, 0.1) is 24.8 Å². The predicted molar refractivity (Wildman–Crippen MR) is 78.0 cm³/mol. The summed E-state index contributed by atoms with van der Waals surface area (Å²) >= 11 is 3.30. The maximum atomic E-state index is 12.5. The molecular formula is C12H13BrN4O3S. The molecule has 0 aromatic carbocycles. The third-order valence-corrected chi connectivity index (χ3v) is 5.42. The number of rotatable bonds is 3. The average Bonchev–Trinajstić information content (AvgIpc) is 3.02. The Labute approximate surface area is 130 Å². The van der Waals surface area contributed by atoms with E-state index in [0.717, 1.165) is 0 Å². The summed E-state index contributed by atoms with van der Waals surface area (Å²) in [5, 5.41) is 0.0883. The van der Waals surface area contributed by atoms with Crippen LogP contribution in [-0.4, -0.2) is 47.4 Å². The number of pyridine rings is 1. The third kappa shape index (κ3) is 3.00. The fourth-order valence-electron chi connectivity index (χ4n) is 2.15. The molecule has 1 aliphatic rings. The summed E-state index contributed by atoms with van der Waals surface area (Å²) in [6.45, 7) is 0.864. The van der Waals surface area contributed by atoms with Crippen molar-refractivity contribution in [3.05, 3.63) is 41.0 Å². The summed E-state index contributed by atoms with van der Waals surface area (Å²) in [4.78, 5) is 10.7. The monoisotopic (exact) mass is 372 g/mol. The number of morpholine rings is 1. The number of halogens is 1. The Hall–Kier alpha value is -1.29. The lowest BCUT2D eigenvalue weighted by Gasteiger charge is -2.31. The molecule has 0 saturated carbocycles. The quantitative estimate of drug-likeness (QED) is 0.821. The van der Waals surface area contributed by atoms with Crippen LogP contribution >= 0.6 is 15.9 Å². The largest absolute Gasteiger partial charge is 0.369 e. The minimum Gasteiger partial charge on any atom is -0.369 e. The lowest BCUT2D eigenvalue weighted by molar-refractivity contribution is -0.00507. The lowest BCUT2D eigenvalue weighted by Crippen LogP contribution is -2.42. The highest BCUT2D eigenvalue weighted by Crippen LogP contribution is 2.25. The van der Waals surface area contributed by atoms with Gasteiger partial charge in [-0.1, -0.05) is 6.07 Å². The molecule has 0 amide bonds. The molecule has 1 N–H and O–H groups in total. The lowest BCUT2D eigenvalue weighted by atomic mass is 10.2. The molecule has 21 heavy (non-hydrogen) atoms. The van der Waals surface area contributed by atoms with Gasteiger partial charge in [-0.3, -0.25) is 0 Å². The first-order chi connectivity index (χ1) is 10.1. The van der Waals surface area contributed by atoms with Crippen LogP contribution in [0.4, 0.5) is 0 Å². The smallest absolute Gasteiger partial charge is 0.260 e. The molecule has 0 spiro atoms. The summed E-state index contributed by atoms with van der Waals surface area (Å²) in [6, 6.07) is 5.48. The van der Waals surface area contributed by atoms with E-state index in [-0.39, 0.29) is 17.7 Å². The van der Waals surface area contributed by atoms with Crippen molar-refractivity contribution in [2.45, 2.75) is 11.1 Å². The Morgan fingerprint density at radius 2 is 2.29 bits per heavy atom. The highest BCUT2D eigenvalue weighted by atomic mass is 79.9. The van der Waals surface area contributed by atoms with Crippen molar-refractivity contribution < 1.29 is 13.2 Å². The van der Waals surface area contributed by atoms with Crippen molar-refractivity contribution in [2.24, 2.45) is 0 Å². The zero-order valence-electron chi connectivity index (χ0n) is 10.9. The number of aromatic amines is 1. The first-order valence-electron chi connectivity index (χ1n) is 6.30. The van der Waals surface area contributed by atoms with E-state index >= 15 is 0 Å². The molecule has 0 unspecified atom stereocenters. The van der Waals surface area contributed by atoms with Gasteiger partial charge < -0.3 is 9.72 Å². The van der Waals surface area contributed by atoms with E-state index < -0.39 is 10.0 Å². The number of hydrogen-bond donors (Lipinski definition) is 1. The van der Waals surface area contributed by atoms with Gasteiger partial charge in [0.15, 0.2) is 5.03 Å². The number of nitrogens with zero attached hydrogens (tertiary/aromatic N) is 3. The van der Waals surface area contributed by atoms with Crippen LogP contribution in [0.25, 0.3) is 0 Å². The van der Waals surface area contributed by atoms with Crippen LogP contribution in [0.1, 0.15) is 11.8 Å². The Bertz CT molecular complexity index is 720.